The quantitative estimate of drug-likeness (QED) is 0.833. The van der Waals surface area contributed by atoms with E-state index in [9.17, 15) is 4.79 Å². The van der Waals surface area contributed by atoms with Crippen molar-refractivity contribution < 1.29 is 4.79 Å². The van der Waals surface area contributed by atoms with Gasteiger partial charge in [0, 0.05) is 37.4 Å². The second kappa shape index (κ2) is 5.56. The van der Waals surface area contributed by atoms with E-state index >= 15 is 0 Å². The molecule has 4 heterocycles. The molecule has 0 spiro atoms. The molecule has 1 amide bonds. The molecule has 2 saturated heterocycles. The zero-order valence-corrected chi connectivity index (χ0v) is 13.6. The van der Waals surface area contributed by atoms with Crippen molar-refractivity contribution in [3.05, 3.63) is 23.9 Å². The van der Waals surface area contributed by atoms with Crippen LogP contribution in [-0.2, 0) is 0 Å². The molecule has 2 fully saturated rings. The summed E-state index contributed by atoms with van der Waals surface area (Å²) in [4.78, 5) is 17.5. The molecule has 122 valence electrons. The zero-order chi connectivity index (χ0) is 16.0. The third-order valence-electron chi connectivity index (χ3n) is 5.16. The van der Waals surface area contributed by atoms with Crippen LogP contribution in [0.3, 0.4) is 0 Å². The van der Waals surface area contributed by atoms with Crippen LogP contribution >= 0.6 is 0 Å². The van der Waals surface area contributed by atoms with Gasteiger partial charge in [-0.05, 0) is 55.7 Å². The number of carbonyl (C=O) groups is 1. The molecule has 0 aromatic carbocycles. The SMILES string of the molecule is CC(C)N1C2CCC1CN(C(=O)c1ccc3nnnn3c1)CC2. The summed E-state index contributed by atoms with van der Waals surface area (Å²) < 4.78 is 1.55. The first-order valence-electron chi connectivity index (χ1n) is 8.38. The van der Waals surface area contributed by atoms with E-state index in [0.717, 1.165) is 19.5 Å². The predicted molar refractivity (Wildman–Crippen MR) is 85.1 cm³/mol. The van der Waals surface area contributed by atoms with Gasteiger partial charge in [-0.2, -0.15) is 4.52 Å². The lowest BCUT2D eigenvalue weighted by Gasteiger charge is -2.32. The molecule has 2 aromatic heterocycles. The number of likely N-dealkylation sites (tertiary alicyclic amines) is 1. The fourth-order valence-electron chi connectivity index (χ4n) is 4.19. The largest absolute Gasteiger partial charge is 0.337 e. The Morgan fingerprint density at radius 1 is 1.22 bits per heavy atom. The average molecular weight is 314 g/mol. The first kappa shape index (κ1) is 14.6. The molecule has 0 saturated carbocycles. The first-order chi connectivity index (χ1) is 11.1. The summed E-state index contributed by atoms with van der Waals surface area (Å²) in [6.07, 6.45) is 5.24. The number of aromatic nitrogens is 4. The van der Waals surface area contributed by atoms with Crippen LogP contribution in [-0.4, -0.2) is 67.0 Å². The van der Waals surface area contributed by atoms with Crippen molar-refractivity contribution in [1.82, 2.24) is 29.8 Å². The van der Waals surface area contributed by atoms with Gasteiger partial charge in [-0.1, -0.05) is 0 Å². The van der Waals surface area contributed by atoms with E-state index in [-0.39, 0.29) is 5.91 Å². The maximum absolute atomic E-state index is 12.9. The summed E-state index contributed by atoms with van der Waals surface area (Å²) in [5, 5.41) is 11.4. The van der Waals surface area contributed by atoms with E-state index in [0.29, 0.717) is 29.3 Å². The molecule has 2 aliphatic heterocycles. The van der Waals surface area contributed by atoms with Crippen LogP contribution in [0.4, 0.5) is 0 Å². The van der Waals surface area contributed by atoms with Crippen LogP contribution in [0.5, 0.6) is 0 Å². The lowest BCUT2D eigenvalue weighted by atomic mass is 10.1. The van der Waals surface area contributed by atoms with Gasteiger partial charge < -0.3 is 4.90 Å². The van der Waals surface area contributed by atoms with Crippen molar-refractivity contribution in [2.24, 2.45) is 0 Å². The number of hydrogen-bond donors (Lipinski definition) is 0. The molecule has 0 N–H and O–H groups in total. The van der Waals surface area contributed by atoms with Crippen LogP contribution in [0, 0.1) is 0 Å². The Hall–Kier alpha value is -2.02. The summed E-state index contributed by atoms with van der Waals surface area (Å²) in [7, 11) is 0. The van der Waals surface area contributed by atoms with Crippen LogP contribution in [0.2, 0.25) is 0 Å². The molecule has 7 heteroatoms. The van der Waals surface area contributed by atoms with Gasteiger partial charge in [-0.25, -0.2) is 0 Å². The second-order valence-corrected chi connectivity index (χ2v) is 6.87. The predicted octanol–water partition coefficient (Wildman–Crippen LogP) is 1.21. The lowest BCUT2D eigenvalue weighted by molar-refractivity contribution is 0.0728. The first-order valence-corrected chi connectivity index (χ1v) is 8.38. The van der Waals surface area contributed by atoms with Gasteiger partial charge in [0.25, 0.3) is 5.91 Å². The molecule has 2 aromatic rings. The van der Waals surface area contributed by atoms with Crippen LogP contribution in [0.25, 0.3) is 5.65 Å². The Bertz CT molecular complexity index is 726. The van der Waals surface area contributed by atoms with Gasteiger partial charge in [-0.3, -0.25) is 9.69 Å². The van der Waals surface area contributed by atoms with Gasteiger partial charge in [-0.15, -0.1) is 5.10 Å². The van der Waals surface area contributed by atoms with Crippen LogP contribution < -0.4 is 0 Å². The minimum absolute atomic E-state index is 0.0821. The minimum atomic E-state index is 0.0821. The van der Waals surface area contributed by atoms with Gasteiger partial charge in [0.15, 0.2) is 5.65 Å². The number of rotatable bonds is 2. The van der Waals surface area contributed by atoms with E-state index in [1.807, 2.05) is 11.0 Å². The van der Waals surface area contributed by atoms with Crippen molar-refractivity contribution in [3.63, 3.8) is 0 Å². The Balaban J connectivity index is 1.57. The van der Waals surface area contributed by atoms with E-state index in [1.54, 1.807) is 16.8 Å². The average Bonchev–Trinajstić information content (AvgIpc) is 3.09. The van der Waals surface area contributed by atoms with Gasteiger partial charge in [0.1, 0.15) is 0 Å². The molecule has 7 nitrogen and oxygen atoms in total. The molecule has 2 atom stereocenters. The highest BCUT2D eigenvalue weighted by Crippen LogP contribution is 2.32. The van der Waals surface area contributed by atoms with Crippen molar-refractivity contribution in [2.75, 3.05) is 13.1 Å². The fraction of sp³-hybridized carbons (Fsp3) is 0.625. The highest BCUT2D eigenvalue weighted by Gasteiger charge is 2.39. The topological polar surface area (TPSA) is 66.6 Å². The number of tetrazole rings is 1. The molecule has 4 rings (SSSR count). The molecule has 2 bridgehead atoms. The van der Waals surface area contributed by atoms with Crippen molar-refractivity contribution >= 4 is 11.6 Å². The molecular weight excluding hydrogens is 292 g/mol. The highest BCUT2D eigenvalue weighted by atomic mass is 16.2. The monoisotopic (exact) mass is 314 g/mol. The van der Waals surface area contributed by atoms with Crippen molar-refractivity contribution in [2.45, 2.75) is 51.2 Å². The summed E-state index contributed by atoms with van der Waals surface area (Å²) in [6.45, 7) is 6.17. The van der Waals surface area contributed by atoms with Gasteiger partial charge in [0.2, 0.25) is 0 Å². The van der Waals surface area contributed by atoms with E-state index in [4.69, 9.17) is 0 Å². The summed E-state index contributed by atoms with van der Waals surface area (Å²) in [5.74, 6) is 0.0821. The Morgan fingerprint density at radius 3 is 2.87 bits per heavy atom. The highest BCUT2D eigenvalue weighted by molar-refractivity contribution is 5.94. The molecule has 2 unspecified atom stereocenters. The molecule has 23 heavy (non-hydrogen) atoms. The van der Waals surface area contributed by atoms with Crippen LogP contribution in [0.1, 0.15) is 43.5 Å². The van der Waals surface area contributed by atoms with Crippen LogP contribution in [0.15, 0.2) is 18.3 Å². The number of amides is 1. The Labute approximate surface area is 135 Å². The fourth-order valence-corrected chi connectivity index (χ4v) is 4.19. The van der Waals surface area contributed by atoms with Crippen molar-refractivity contribution in [3.8, 4) is 0 Å². The van der Waals surface area contributed by atoms with Gasteiger partial charge in [0.05, 0.1) is 5.56 Å². The summed E-state index contributed by atoms with van der Waals surface area (Å²) in [6, 6.07) is 5.26. The molecular formula is C16H22N6O. The van der Waals surface area contributed by atoms with Gasteiger partial charge >= 0.3 is 0 Å². The third kappa shape index (κ3) is 2.49. The standard InChI is InChI=1S/C16H22N6O/c1-11(2)22-13-4-5-14(22)10-20(8-7-13)16(23)12-3-6-15-17-18-19-21(15)9-12/h3,6,9,11,13-14H,4-5,7-8,10H2,1-2H3. The lowest BCUT2D eigenvalue weighted by Crippen LogP contribution is -2.44. The minimum Gasteiger partial charge on any atom is -0.337 e. The number of hydrogen-bond acceptors (Lipinski definition) is 5. The number of carbonyl (C=O) groups excluding carboxylic acids is 1. The van der Waals surface area contributed by atoms with E-state index < -0.39 is 0 Å². The summed E-state index contributed by atoms with van der Waals surface area (Å²) >= 11 is 0. The number of pyridine rings is 1. The summed E-state index contributed by atoms with van der Waals surface area (Å²) in [5.41, 5.74) is 1.31. The smallest absolute Gasteiger partial charge is 0.255 e. The maximum atomic E-state index is 12.9. The van der Waals surface area contributed by atoms with E-state index in [2.05, 4.69) is 34.3 Å². The number of fused-ring (bicyclic) bond motifs is 3. The molecule has 2 aliphatic rings. The normalized spacial score (nSPS) is 25.3. The molecule has 0 radical (unpaired) electrons. The Kier molecular flexibility index (Phi) is 3.52. The zero-order valence-electron chi connectivity index (χ0n) is 13.6. The third-order valence-corrected chi connectivity index (χ3v) is 5.16. The van der Waals surface area contributed by atoms with E-state index in [1.165, 1.54) is 12.8 Å². The maximum Gasteiger partial charge on any atom is 0.255 e. The number of nitrogens with zero attached hydrogens (tertiary/aromatic N) is 6. The van der Waals surface area contributed by atoms with Crippen molar-refractivity contribution in [1.29, 1.82) is 0 Å². The second-order valence-electron chi connectivity index (χ2n) is 6.87. The molecule has 0 aliphatic carbocycles. The Morgan fingerprint density at radius 2 is 2.04 bits per heavy atom.